The van der Waals surface area contributed by atoms with Gasteiger partial charge in [0, 0.05) is 0 Å². The van der Waals surface area contributed by atoms with Crippen molar-refractivity contribution in [1.82, 2.24) is 0 Å². The van der Waals surface area contributed by atoms with E-state index in [-0.39, 0.29) is 6.42 Å². The summed E-state index contributed by atoms with van der Waals surface area (Å²) >= 11 is 0. The summed E-state index contributed by atoms with van der Waals surface area (Å²) in [5.41, 5.74) is 0. The molecule has 5 nitrogen and oxygen atoms in total. The Morgan fingerprint density at radius 1 is 1.33 bits per heavy atom. The summed E-state index contributed by atoms with van der Waals surface area (Å²) in [4.78, 5) is 20.6. The van der Waals surface area contributed by atoms with E-state index in [1.807, 2.05) is 0 Å². The molecule has 1 aliphatic rings. The molecule has 1 fully saturated rings. The summed E-state index contributed by atoms with van der Waals surface area (Å²) in [6.07, 6.45) is -0.418. The lowest BCUT2D eigenvalue weighted by atomic mass is 10.1. The maximum atomic E-state index is 10.4. The van der Waals surface area contributed by atoms with Crippen LogP contribution in [0.5, 0.6) is 0 Å². The van der Waals surface area contributed by atoms with E-state index in [1.54, 1.807) is 0 Å². The number of hydrogen-bond donors (Lipinski definition) is 2. The summed E-state index contributed by atoms with van der Waals surface area (Å²) in [5, 5.41) is 16.9. The molecule has 12 heavy (non-hydrogen) atoms. The Balaban J connectivity index is 2.35. The van der Waals surface area contributed by atoms with Gasteiger partial charge in [0.15, 0.2) is 6.10 Å². The Kier molecular flexibility index (Phi) is 2.65. The monoisotopic (exact) mass is 174 g/mol. The SMILES string of the molecule is O=C(O)CC1CCC(C(=O)O)O1. The van der Waals surface area contributed by atoms with Gasteiger partial charge in [-0.3, -0.25) is 4.79 Å². The Morgan fingerprint density at radius 2 is 2.00 bits per heavy atom. The van der Waals surface area contributed by atoms with Gasteiger partial charge in [-0.1, -0.05) is 0 Å². The molecule has 5 heteroatoms. The van der Waals surface area contributed by atoms with Crippen LogP contribution < -0.4 is 0 Å². The molecule has 1 saturated heterocycles. The van der Waals surface area contributed by atoms with Crippen LogP contribution in [0.2, 0.25) is 0 Å². The molecule has 0 aromatic rings. The lowest BCUT2D eigenvalue weighted by Gasteiger charge is -2.07. The highest BCUT2D eigenvalue weighted by molar-refractivity contribution is 5.73. The van der Waals surface area contributed by atoms with Gasteiger partial charge in [0.2, 0.25) is 0 Å². The van der Waals surface area contributed by atoms with Gasteiger partial charge >= 0.3 is 11.9 Å². The van der Waals surface area contributed by atoms with E-state index in [1.165, 1.54) is 0 Å². The normalized spacial score (nSPS) is 28.7. The topological polar surface area (TPSA) is 83.8 Å². The summed E-state index contributed by atoms with van der Waals surface area (Å²) in [7, 11) is 0. The molecule has 1 rings (SSSR count). The minimum atomic E-state index is -1.01. The molecule has 0 aliphatic carbocycles. The highest BCUT2D eigenvalue weighted by Crippen LogP contribution is 2.21. The van der Waals surface area contributed by atoms with Gasteiger partial charge in [-0.2, -0.15) is 0 Å². The lowest BCUT2D eigenvalue weighted by Crippen LogP contribution is -2.21. The summed E-state index contributed by atoms with van der Waals surface area (Å²) in [5.74, 6) is -1.96. The van der Waals surface area contributed by atoms with Crippen LogP contribution in [0.3, 0.4) is 0 Å². The number of rotatable bonds is 3. The van der Waals surface area contributed by atoms with Gasteiger partial charge < -0.3 is 14.9 Å². The van der Waals surface area contributed by atoms with E-state index in [2.05, 4.69) is 0 Å². The summed E-state index contributed by atoms with van der Waals surface area (Å²) in [6.45, 7) is 0. The van der Waals surface area contributed by atoms with Crippen molar-refractivity contribution in [3.63, 3.8) is 0 Å². The van der Waals surface area contributed by atoms with Crippen molar-refractivity contribution in [2.24, 2.45) is 0 Å². The highest BCUT2D eigenvalue weighted by atomic mass is 16.5. The van der Waals surface area contributed by atoms with Crippen LogP contribution in [0, 0.1) is 0 Å². The molecule has 0 aromatic heterocycles. The van der Waals surface area contributed by atoms with Gasteiger partial charge in [-0.05, 0) is 12.8 Å². The third-order valence-electron chi connectivity index (χ3n) is 1.79. The van der Waals surface area contributed by atoms with Crippen molar-refractivity contribution in [1.29, 1.82) is 0 Å². The first kappa shape index (κ1) is 8.99. The van der Waals surface area contributed by atoms with E-state index in [0.717, 1.165) is 0 Å². The van der Waals surface area contributed by atoms with Crippen molar-refractivity contribution in [3.8, 4) is 0 Å². The molecule has 2 unspecified atom stereocenters. The minimum Gasteiger partial charge on any atom is -0.481 e. The molecule has 1 aliphatic heterocycles. The van der Waals surface area contributed by atoms with Crippen molar-refractivity contribution in [3.05, 3.63) is 0 Å². The van der Waals surface area contributed by atoms with Crippen LogP contribution in [-0.4, -0.2) is 34.4 Å². The van der Waals surface area contributed by atoms with E-state index in [0.29, 0.717) is 12.8 Å². The van der Waals surface area contributed by atoms with Gasteiger partial charge in [0.25, 0.3) is 0 Å². The molecule has 2 atom stereocenters. The van der Waals surface area contributed by atoms with Crippen molar-refractivity contribution in [2.75, 3.05) is 0 Å². The van der Waals surface area contributed by atoms with E-state index < -0.39 is 24.1 Å². The Bertz CT molecular complexity index is 200. The third-order valence-corrected chi connectivity index (χ3v) is 1.79. The minimum absolute atomic E-state index is 0.107. The van der Waals surface area contributed by atoms with E-state index in [4.69, 9.17) is 14.9 Å². The maximum Gasteiger partial charge on any atom is 0.332 e. The second-order valence-corrected chi connectivity index (χ2v) is 2.76. The molecule has 0 radical (unpaired) electrons. The second kappa shape index (κ2) is 3.53. The highest BCUT2D eigenvalue weighted by Gasteiger charge is 2.31. The van der Waals surface area contributed by atoms with Crippen LogP contribution in [0.25, 0.3) is 0 Å². The number of carboxylic acid groups (broad SMARTS) is 2. The molecular formula is C7H10O5. The predicted molar refractivity (Wildman–Crippen MR) is 37.8 cm³/mol. The van der Waals surface area contributed by atoms with E-state index in [9.17, 15) is 9.59 Å². The number of carboxylic acids is 2. The van der Waals surface area contributed by atoms with Gasteiger partial charge in [-0.25, -0.2) is 4.79 Å². The van der Waals surface area contributed by atoms with Gasteiger partial charge in [0.05, 0.1) is 12.5 Å². The molecule has 0 spiro atoms. The number of hydrogen-bond acceptors (Lipinski definition) is 3. The second-order valence-electron chi connectivity index (χ2n) is 2.76. The first-order valence-corrected chi connectivity index (χ1v) is 3.69. The summed E-state index contributed by atoms with van der Waals surface area (Å²) in [6, 6.07) is 0. The van der Waals surface area contributed by atoms with Crippen molar-refractivity contribution in [2.45, 2.75) is 31.5 Å². The fourth-order valence-electron chi connectivity index (χ4n) is 1.23. The van der Waals surface area contributed by atoms with Crippen molar-refractivity contribution >= 4 is 11.9 Å². The smallest absolute Gasteiger partial charge is 0.332 e. The molecule has 0 saturated carbocycles. The molecule has 2 N–H and O–H groups in total. The van der Waals surface area contributed by atoms with Gasteiger partial charge in [-0.15, -0.1) is 0 Å². The Morgan fingerprint density at radius 3 is 2.42 bits per heavy atom. The average molecular weight is 174 g/mol. The zero-order chi connectivity index (χ0) is 9.14. The summed E-state index contributed by atoms with van der Waals surface area (Å²) < 4.78 is 4.95. The number of carbonyl (C=O) groups is 2. The van der Waals surface area contributed by atoms with Crippen LogP contribution in [0.4, 0.5) is 0 Å². The Labute approximate surface area is 68.9 Å². The number of aliphatic carboxylic acids is 2. The van der Waals surface area contributed by atoms with Crippen LogP contribution >= 0.6 is 0 Å². The fraction of sp³-hybridized carbons (Fsp3) is 0.714. The maximum absolute atomic E-state index is 10.4. The van der Waals surface area contributed by atoms with E-state index >= 15 is 0 Å². The average Bonchev–Trinajstić information content (AvgIpc) is 2.34. The predicted octanol–water partition coefficient (Wildman–Crippen LogP) is 0.0933. The quantitative estimate of drug-likeness (QED) is 0.633. The molecule has 1 heterocycles. The molecule has 0 bridgehead atoms. The van der Waals surface area contributed by atoms with Crippen LogP contribution in [-0.2, 0) is 14.3 Å². The molecular weight excluding hydrogens is 164 g/mol. The molecule has 0 aromatic carbocycles. The zero-order valence-corrected chi connectivity index (χ0v) is 6.40. The van der Waals surface area contributed by atoms with Crippen LogP contribution in [0.1, 0.15) is 19.3 Å². The number of ether oxygens (including phenoxy) is 1. The largest absolute Gasteiger partial charge is 0.481 e. The Hall–Kier alpha value is -1.10. The zero-order valence-electron chi connectivity index (χ0n) is 6.40. The first-order valence-electron chi connectivity index (χ1n) is 3.69. The third kappa shape index (κ3) is 2.20. The standard InChI is InChI=1S/C7H10O5/c8-6(9)3-4-1-2-5(12-4)7(10)11/h4-5H,1-3H2,(H,8,9)(H,10,11). The molecule has 0 amide bonds. The van der Waals surface area contributed by atoms with Gasteiger partial charge in [0.1, 0.15) is 0 Å². The van der Waals surface area contributed by atoms with Crippen molar-refractivity contribution < 1.29 is 24.5 Å². The van der Waals surface area contributed by atoms with Crippen LogP contribution in [0.15, 0.2) is 0 Å². The first-order chi connectivity index (χ1) is 5.59. The molecule has 68 valence electrons. The fourth-order valence-corrected chi connectivity index (χ4v) is 1.23. The lowest BCUT2D eigenvalue weighted by molar-refractivity contribution is -0.152.